The zero-order valence-electron chi connectivity index (χ0n) is 18.8. The molecule has 31 heavy (non-hydrogen) atoms. The number of carbonyl (C=O) groups is 1. The van der Waals surface area contributed by atoms with Crippen LogP contribution >= 0.6 is 0 Å². The molecule has 0 aliphatic carbocycles. The van der Waals surface area contributed by atoms with Gasteiger partial charge in [0.15, 0.2) is 0 Å². The summed E-state index contributed by atoms with van der Waals surface area (Å²) in [7, 11) is 1.65. The maximum Gasteiger partial charge on any atom is 0.416 e. The Morgan fingerprint density at radius 2 is 2.00 bits per heavy atom. The molecule has 0 unspecified atom stereocenters. The van der Waals surface area contributed by atoms with E-state index in [4.69, 9.17) is 6.42 Å². The summed E-state index contributed by atoms with van der Waals surface area (Å²) in [5.41, 5.74) is -0.219. The molecule has 1 fully saturated rings. The number of piperidine rings is 1. The van der Waals surface area contributed by atoms with Crippen molar-refractivity contribution in [3.8, 4) is 12.3 Å². The monoisotopic (exact) mass is 438 g/mol. The van der Waals surface area contributed by atoms with Crippen molar-refractivity contribution in [2.45, 2.75) is 52.3 Å². The van der Waals surface area contributed by atoms with E-state index < -0.39 is 17.8 Å². The number of terminal acetylenes is 1. The molecule has 1 rings (SSSR count). The Hall–Kier alpha value is -2.53. The Kier molecular flexibility index (Phi) is 11.1. The van der Waals surface area contributed by atoms with Gasteiger partial charge in [-0.1, -0.05) is 24.5 Å². The number of likely N-dealkylation sites (tertiary alicyclic amines) is 1. The minimum atomic E-state index is -4.55. The fourth-order valence-electron chi connectivity index (χ4n) is 3.45. The lowest BCUT2D eigenvalue weighted by Crippen LogP contribution is -2.51. The summed E-state index contributed by atoms with van der Waals surface area (Å²) >= 11 is 0. The maximum absolute atomic E-state index is 13.1. The molecule has 5 nitrogen and oxygen atoms in total. The Morgan fingerprint density at radius 1 is 1.35 bits per heavy atom. The zero-order valence-corrected chi connectivity index (χ0v) is 18.8. The number of nitrogens with zero attached hydrogens (tertiary/aromatic N) is 3. The van der Waals surface area contributed by atoms with Gasteiger partial charge in [-0.25, -0.2) is 4.79 Å². The van der Waals surface area contributed by atoms with Crippen LogP contribution in [-0.4, -0.2) is 67.5 Å². The predicted molar refractivity (Wildman–Crippen MR) is 120 cm³/mol. The second-order valence-electron chi connectivity index (χ2n) is 7.50. The molecule has 1 aliphatic rings. The topological polar surface area (TPSA) is 47.9 Å². The molecule has 1 aliphatic heterocycles. The molecule has 0 spiro atoms. The largest absolute Gasteiger partial charge is 0.416 e. The average molecular weight is 439 g/mol. The molecule has 0 bridgehead atoms. The normalized spacial score (nSPS) is 17.7. The lowest BCUT2D eigenvalue weighted by molar-refractivity contribution is -0.0883. The van der Waals surface area contributed by atoms with E-state index in [1.54, 1.807) is 18.2 Å². The van der Waals surface area contributed by atoms with Gasteiger partial charge >= 0.3 is 12.2 Å². The van der Waals surface area contributed by atoms with Crippen LogP contribution in [0.4, 0.5) is 18.0 Å². The first kappa shape index (κ1) is 26.5. The van der Waals surface area contributed by atoms with Gasteiger partial charge in [-0.3, -0.25) is 4.99 Å². The van der Waals surface area contributed by atoms with Crippen molar-refractivity contribution < 1.29 is 18.0 Å². The summed E-state index contributed by atoms with van der Waals surface area (Å²) in [6.07, 6.45) is 8.64. The molecule has 0 radical (unpaired) electrons. The fourth-order valence-corrected chi connectivity index (χ4v) is 3.45. The number of halogens is 3. The number of nitrogens with one attached hydrogen (secondary N) is 1. The van der Waals surface area contributed by atoms with Crippen molar-refractivity contribution in [1.82, 2.24) is 15.1 Å². The van der Waals surface area contributed by atoms with E-state index in [0.717, 1.165) is 56.6 Å². The molecule has 2 amide bonds. The number of allylic oxidation sites excluding steroid dienone is 5. The molecule has 0 aromatic heterocycles. The summed E-state index contributed by atoms with van der Waals surface area (Å²) < 4.78 is 39.2. The van der Waals surface area contributed by atoms with E-state index in [9.17, 15) is 18.0 Å². The number of rotatable bonds is 8. The molecule has 1 saturated heterocycles. The zero-order chi connectivity index (χ0) is 23.4. The number of hydrogen-bond acceptors (Lipinski definition) is 3. The Balaban J connectivity index is 3.06. The van der Waals surface area contributed by atoms with Gasteiger partial charge in [-0.05, 0) is 51.8 Å². The van der Waals surface area contributed by atoms with Crippen LogP contribution in [0.25, 0.3) is 0 Å². The van der Waals surface area contributed by atoms with Crippen molar-refractivity contribution >= 4 is 12.2 Å². The van der Waals surface area contributed by atoms with Crippen molar-refractivity contribution in [2.75, 3.05) is 33.2 Å². The number of carbonyl (C=O) groups excluding carboxylic acids is 1. The Morgan fingerprint density at radius 3 is 2.48 bits per heavy atom. The van der Waals surface area contributed by atoms with Gasteiger partial charge < -0.3 is 15.1 Å². The van der Waals surface area contributed by atoms with Crippen LogP contribution in [0, 0.1) is 12.3 Å². The van der Waals surface area contributed by atoms with E-state index >= 15 is 0 Å². The standard InChI is InChI=1S/C23H33F3N4O/c1-6-13-29-14-10-21(11-15-29)30(17-18(4)9-12-27-5)22(31)28-20(8-3)16-19(7-2)23(24,25)26/h3,7,9,12,16,21H,6,10-11,13-15,17H2,1-2,4-5H3,(H,28,31)/b18-9+,19-7+,20-16+,27-12-. The second kappa shape index (κ2) is 13.0. The number of urea groups is 1. The van der Waals surface area contributed by atoms with Crippen LogP contribution in [0.1, 0.15) is 40.0 Å². The van der Waals surface area contributed by atoms with Gasteiger partial charge in [0.2, 0.25) is 0 Å². The van der Waals surface area contributed by atoms with Gasteiger partial charge in [0.25, 0.3) is 0 Å². The molecule has 0 atom stereocenters. The van der Waals surface area contributed by atoms with Crippen LogP contribution < -0.4 is 5.32 Å². The van der Waals surface area contributed by atoms with Crippen LogP contribution in [0.5, 0.6) is 0 Å². The second-order valence-corrected chi connectivity index (χ2v) is 7.50. The van der Waals surface area contributed by atoms with Crippen molar-refractivity contribution in [2.24, 2.45) is 4.99 Å². The molecule has 0 aromatic rings. The number of aliphatic imine (C=N–C) groups is 1. The van der Waals surface area contributed by atoms with Crippen molar-refractivity contribution in [1.29, 1.82) is 0 Å². The van der Waals surface area contributed by atoms with Crippen LogP contribution in [0.3, 0.4) is 0 Å². The van der Waals surface area contributed by atoms with Gasteiger partial charge in [-0.2, -0.15) is 13.2 Å². The highest BCUT2D eigenvalue weighted by atomic mass is 19.4. The Labute approximate surface area is 183 Å². The predicted octanol–water partition coefficient (Wildman–Crippen LogP) is 4.55. The first-order chi connectivity index (χ1) is 14.7. The van der Waals surface area contributed by atoms with Gasteiger partial charge in [-0.15, -0.1) is 6.42 Å². The lowest BCUT2D eigenvalue weighted by Gasteiger charge is -2.38. The smallest absolute Gasteiger partial charge is 0.317 e. The first-order valence-electron chi connectivity index (χ1n) is 10.5. The third-order valence-corrected chi connectivity index (χ3v) is 5.06. The molecule has 172 valence electrons. The quantitative estimate of drug-likeness (QED) is 0.344. The van der Waals surface area contributed by atoms with Gasteiger partial charge in [0.05, 0.1) is 11.3 Å². The molecule has 1 N–H and O–H groups in total. The minimum absolute atomic E-state index is 0.0298. The third kappa shape index (κ3) is 9.01. The van der Waals surface area contributed by atoms with E-state index in [-0.39, 0.29) is 11.7 Å². The summed E-state index contributed by atoms with van der Waals surface area (Å²) in [5, 5.41) is 2.50. The van der Waals surface area contributed by atoms with Gasteiger partial charge in [0, 0.05) is 38.9 Å². The van der Waals surface area contributed by atoms with E-state index in [0.29, 0.717) is 6.54 Å². The van der Waals surface area contributed by atoms with Crippen LogP contribution in [0.15, 0.2) is 40.1 Å². The lowest BCUT2D eigenvalue weighted by atomic mass is 10.0. The maximum atomic E-state index is 13.1. The number of amides is 2. The molecule has 8 heteroatoms. The average Bonchev–Trinajstić information content (AvgIpc) is 2.73. The number of hydrogen-bond donors (Lipinski definition) is 1. The third-order valence-electron chi connectivity index (χ3n) is 5.06. The fraction of sp³-hybridized carbons (Fsp3) is 0.565. The molecular weight excluding hydrogens is 405 g/mol. The van der Waals surface area contributed by atoms with Crippen LogP contribution in [0.2, 0.25) is 0 Å². The summed E-state index contributed by atoms with van der Waals surface area (Å²) in [5.74, 6) is 2.16. The van der Waals surface area contributed by atoms with Crippen molar-refractivity contribution in [3.05, 3.63) is 35.1 Å². The molecular formula is C23H33F3N4O. The van der Waals surface area contributed by atoms with Crippen LogP contribution in [-0.2, 0) is 0 Å². The first-order valence-corrected chi connectivity index (χ1v) is 10.5. The SMILES string of the molecule is C#C/C(=C\C(=C/C)C(F)(F)F)NC(=O)N(C/C(C)=C/C=N\C)C1CCN(CCC)CC1. The molecule has 1 heterocycles. The highest BCUT2D eigenvalue weighted by Crippen LogP contribution is 2.27. The molecule has 0 saturated carbocycles. The highest BCUT2D eigenvalue weighted by Gasteiger charge is 2.32. The van der Waals surface area contributed by atoms with Gasteiger partial charge in [0.1, 0.15) is 0 Å². The van der Waals surface area contributed by atoms with E-state index in [1.165, 1.54) is 6.92 Å². The van der Waals surface area contributed by atoms with Crippen molar-refractivity contribution in [3.63, 3.8) is 0 Å². The molecule has 0 aromatic carbocycles. The van der Waals surface area contributed by atoms with E-state index in [1.807, 2.05) is 13.0 Å². The Bertz CT molecular complexity index is 752. The number of alkyl halides is 3. The highest BCUT2D eigenvalue weighted by molar-refractivity contribution is 5.78. The summed E-state index contributed by atoms with van der Waals surface area (Å²) in [6.45, 7) is 8.38. The summed E-state index contributed by atoms with van der Waals surface area (Å²) in [6, 6.07) is -0.533. The van der Waals surface area contributed by atoms with E-state index in [2.05, 4.69) is 28.1 Å². The summed E-state index contributed by atoms with van der Waals surface area (Å²) in [4.78, 5) is 21.0. The minimum Gasteiger partial charge on any atom is -0.317 e.